The van der Waals surface area contributed by atoms with Crippen molar-refractivity contribution in [3.8, 4) is 0 Å². The van der Waals surface area contributed by atoms with E-state index in [-0.39, 0.29) is 0 Å². The zero-order valence-corrected chi connectivity index (χ0v) is 4.73. The van der Waals surface area contributed by atoms with Gasteiger partial charge in [0.25, 0.3) is 0 Å². The summed E-state index contributed by atoms with van der Waals surface area (Å²) in [5, 5.41) is 0. The normalized spacial score (nSPS) is 39.5. The number of likely N-dealkylation sites (N-methyl/N-ethyl adjacent to an activating group) is 1. The molecule has 6 heavy (non-hydrogen) atoms. The summed E-state index contributed by atoms with van der Waals surface area (Å²) in [7, 11) is 4.51. The Morgan fingerprint density at radius 2 is 1.67 bits per heavy atom. The molecule has 0 aromatic heterocycles. The fourth-order valence-electron chi connectivity index (χ4n) is 0.634. The molecular weight excluding hydrogens is 74.1 g/mol. The van der Waals surface area contributed by atoms with Crippen molar-refractivity contribution in [2.24, 2.45) is 0 Å². The number of quaternary nitrogens is 1. The monoisotopic (exact) mass is 86.1 g/mol. The van der Waals surface area contributed by atoms with Gasteiger partial charge in [-0.15, -0.1) is 0 Å². The third-order valence-corrected chi connectivity index (χ3v) is 1.79. The van der Waals surface area contributed by atoms with Gasteiger partial charge in [0.2, 0.25) is 0 Å². The van der Waals surface area contributed by atoms with Crippen molar-refractivity contribution >= 4 is 0 Å². The molecule has 0 N–H and O–H groups in total. The number of hydrogen-bond acceptors (Lipinski definition) is 0. The minimum Gasteiger partial charge on any atom is -0.317 e. The highest BCUT2D eigenvalue weighted by molar-refractivity contribution is 4.61. The Hall–Kier alpha value is -0.0400. The van der Waals surface area contributed by atoms with Gasteiger partial charge in [-0.25, -0.2) is 0 Å². The summed E-state index contributed by atoms with van der Waals surface area (Å²) >= 11 is 0. The molecule has 0 aliphatic carbocycles. The molecule has 0 aromatic carbocycles. The molecule has 1 fully saturated rings. The van der Waals surface area contributed by atoms with Crippen LogP contribution >= 0.6 is 0 Å². The Kier molecular flexibility index (Phi) is 0.539. The molecule has 1 aliphatic rings. The predicted molar refractivity (Wildman–Crippen MR) is 26.4 cm³/mol. The van der Waals surface area contributed by atoms with E-state index in [9.17, 15) is 0 Å². The maximum atomic E-state index is 2.28. The zero-order chi connectivity index (χ0) is 4.78. The highest BCUT2D eigenvalue weighted by atomic mass is 15.5. The second kappa shape index (κ2) is 0.784. The lowest BCUT2D eigenvalue weighted by atomic mass is 10.6. The lowest BCUT2D eigenvalue weighted by Gasteiger charge is -2.00. The van der Waals surface area contributed by atoms with Gasteiger partial charge in [0, 0.05) is 0 Å². The van der Waals surface area contributed by atoms with Gasteiger partial charge in [-0.1, -0.05) is 0 Å². The van der Waals surface area contributed by atoms with Crippen LogP contribution in [0.2, 0.25) is 0 Å². The maximum absolute atomic E-state index is 2.28. The van der Waals surface area contributed by atoms with Gasteiger partial charge in [-0.3, -0.25) is 0 Å². The summed E-state index contributed by atoms with van der Waals surface area (Å²) in [6.45, 7) is 3.65. The van der Waals surface area contributed by atoms with E-state index in [1.165, 1.54) is 11.0 Å². The first-order valence-electron chi connectivity index (χ1n) is 2.45. The van der Waals surface area contributed by atoms with E-state index in [0.29, 0.717) is 0 Å². The van der Waals surface area contributed by atoms with Crippen LogP contribution in [-0.2, 0) is 0 Å². The number of rotatable bonds is 0. The van der Waals surface area contributed by atoms with Crippen LogP contribution in [0.4, 0.5) is 0 Å². The molecular formula is C5H12N+. The number of hydrogen-bond donors (Lipinski definition) is 0. The maximum Gasteiger partial charge on any atom is 0.136 e. The summed E-state index contributed by atoms with van der Waals surface area (Å²) in [5.74, 6) is 0. The van der Waals surface area contributed by atoms with Gasteiger partial charge in [-0.05, 0) is 6.92 Å². The average Bonchev–Trinajstić information content (AvgIpc) is 1.73. The molecule has 1 saturated heterocycles. The zero-order valence-electron chi connectivity index (χ0n) is 4.73. The summed E-state index contributed by atoms with van der Waals surface area (Å²) in [6, 6.07) is 0.935. The Labute approximate surface area is 39.2 Å². The van der Waals surface area contributed by atoms with Crippen LogP contribution in [0.5, 0.6) is 0 Å². The third-order valence-electron chi connectivity index (χ3n) is 1.79. The summed E-state index contributed by atoms with van der Waals surface area (Å²) in [6.07, 6.45) is 0. The molecule has 1 aliphatic heterocycles. The van der Waals surface area contributed by atoms with Crippen LogP contribution in [-0.4, -0.2) is 31.2 Å². The Morgan fingerprint density at radius 3 is 1.67 bits per heavy atom. The van der Waals surface area contributed by atoms with E-state index in [2.05, 4.69) is 21.0 Å². The first kappa shape index (κ1) is 4.13. The lowest BCUT2D eigenvalue weighted by molar-refractivity contribution is -0.767. The average molecular weight is 86.2 g/mol. The molecule has 1 heteroatoms. The van der Waals surface area contributed by atoms with Crippen LogP contribution < -0.4 is 0 Å². The molecule has 0 radical (unpaired) electrons. The molecule has 1 heterocycles. The molecule has 0 aromatic rings. The molecule has 1 unspecified atom stereocenters. The Morgan fingerprint density at radius 1 is 1.50 bits per heavy atom. The van der Waals surface area contributed by atoms with Crippen LogP contribution in [0.25, 0.3) is 0 Å². The fourth-order valence-corrected chi connectivity index (χ4v) is 0.634. The fraction of sp³-hybridized carbons (Fsp3) is 1.00. The highest BCUT2D eigenvalue weighted by Crippen LogP contribution is 2.22. The Balaban J connectivity index is 2.41. The topological polar surface area (TPSA) is 0 Å². The predicted octanol–water partition coefficient (Wildman–Crippen LogP) is 0.465. The standard InChI is InChI=1S/C5H12N/c1-5-4-6(5,2)3/h5H,4H2,1-3H3/q+1. The van der Waals surface area contributed by atoms with Gasteiger partial charge < -0.3 is 4.48 Å². The SMILES string of the molecule is CC1C[N+]1(C)C. The molecule has 1 rings (SSSR count). The van der Waals surface area contributed by atoms with Gasteiger partial charge in [0.1, 0.15) is 12.6 Å². The largest absolute Gasteiger partial charge is 0.317 e. The molecule has 0 bridgehead atoms. The van der Waals surface area contributed by atoms with Crippen molar-refractivity contribution in [1.82, 2.24) is 0 Å². The van der Waals surface area contributed by atoms with Crippen molar-refractivity contribution in [2.75, 3.05) is 20.6 Å². The van der Waals surface area contributed by atoms with Crippen LogP contribution in [0.15, 0.2) is 0 Å². The second-order valence-corrected chi connectivity index (χ2v) is 2.81. The minimum atomic E-state index is 0.935. The van der Waals surface area contributed by atoms with Crippen molar-refractivity contribution < 1.29 is 4.48 Å². The van der Waals surface area contributed by atoms with Gasteiger partial charge in [0.05, 0.1) is 14.1 Å². The second-order valence-electron chi connectivity index (χ2n) is 2.81. The van der Waals surface area contributed by atoms with E-state index >= 15 is 0 Å². The van der Waals surface area contributed by atoms with E-state index < -0.39 is 0 Å². The van der Waals surface area contributed by atoms with Gasteiger partial charge >= 0.3 is 0 Å². The highest BCUT2D eigenvalue weighted by Gasteiger charge is 2.42. The van der Waals surface area contributed by atoms with E-state index in [0.717, 1.165) is 6.04 Å². The van der Waals surface area contributed by atoms with E-state index in [1.807, 2.05) is 0 Å². The quantitative estimate of drug-likeness (QED) is 0.297. The Bertz CT molecular complexity index is 66.3. The van der Waals surface area contributed by atoms with Gasteiger partial charge in [0.15, 0.2) is 0 Å². The third kappa shape index (κ3) is 0.432. The van der Waals surface area contributed by atoms with Crippen LogP contribution in [0.1, 0.15) is 6.92 Å². The molecule has 1 nitrogen and oxygen atoms in total. The van der Waals surface area contributed by atoms with Gasteiger partial charge in [-0.2, -0.15) is 0 Å². The minimum absolute atomic E-state index is 0.935. The molecule has 0 saturated carbocycles. The molecule has 0 amide bonds. The summed E-state index contributed by atoms with van der Waals surface area (Å²) in [5.41, 5.74) is 0. The van der Waals surface area contributed by atoms with Crippen LogP contribution in [0.3, 0.4) is 0 Å². The van der Waals surface area contributed by atoms with Crippen molar-refractivity contribution in [3.63, 3.8) is 0 Å². The molecule has 0 spiro atoms. The van der Waals surface area contributed by atoms with Crippen molar-refractivity contribution in [3.05, 3.63) is 0 Å². The van der Waals surface area contributed by atoms with Crippen LogP contribution in [0, 0.1) is 0 Å². The van der Waals surface area contributed by atoms with E-state index in [1.54, 1.807) is 0 Å². The van der Waals surface area contributed by atoms with Crippen molar-refractivity contribution in [2.45, 2.75) is 13.0 Å². The molecule has 1 atom stereocenters. The van der Waals surface area contributed by atoms with Crippen molar-refractivity contribution in [1.29, 1.82) is 0 Å². The molecule has 36 valence electrons. The first-order chi connectivity index (χ1) is 2.63. The smallest absolute Gasteiger partial charge is 0.136 e. The summed E-state index contributed by atoms with van der Waals surface area (Å²) < 4.78 is 1.24. The lowest BCUT2D eigenvalue weighted by Crippen LogP contribution is -2.13. The summed E-state index contributed by atoms with van der Waals surface area (Å²) in [4.78, 5) is 0. The van der Waals surface area contributed by atoms with E-state index in [4.69, 9.17) is 0 Å². The first-order valence-corrected chi connectivity index (χ1v) is 2.45. The number of nitrogens with zero attached hydrogens (tertiary/aromatic N) is 1.